The molecule has 1 fully saturated rings. The summed E-state index contributed by atoms with van der Waals surface area (Å²) in [5.74, 6) is 0.518. The van der Waals surface area contributed by atoms with Gasteiger partial charge in [0, 0.05) is 10.3 Å². The summed E-state index contributed by atoms with van der Waals surface area (Å²) in [7, 11) is -2.20. The van der Waals surface area contributed by atoms with E-state index in [-0.39, 0.29) is 10.3 Å². The molecular weight excluding hydrogens is 181 g/mol. The summed E-state index contributed by atoms with van der Waals surface area (Å²) in [6.07, 6.45) is 0. The van der Waals surface area contributed by atoms with E-state index in [0.29, 0.717) is 5.92 Å². The van der Waals surface area contributed by atoms with E-state index in [1.54, 1.807) is 0 Å². The van der Waals surface area contributed by atoms with Gasteiger partial charge < -0.3 is 4.57 Å². The predicted octanol–water partition coefficient (Wildman–Crippen LogP) is 3.08. The highest BCUT2D eigenvalue weighted by molar-refractivity contribution is 7.66. The van der Waals surface area contributed by atoms with E-state index < -0.39 is 7.29 Å². The molecule has 1 aliphatic heterocycles. The van der Waals surface area contributed by atoms with E-state index in [0.717, 1.165) is 6.54 Å². The molecule has 0 atom stereocenters. The van der Waals surface area contributed by atoms with Crippen LogP contribution in [0, 0.1) is 5.92 Å². The lowest BCUT2D eigenvalue weighted by atomic mass is 9.83. The minimum atomic E-state index is -2.20. The molecule has 0 aromatic rings. The highest BCUT2D eigenvalue weighted by Gasteiger charge is 2.67. The van der Waals surface area contributed by atoms with Crippen molar-refractivity contribution in [3.8, 4) is 0 Å². The summed E-state index contributed by atoms with van der Waals surface area (Å²) in [5.41, 5.74) is 0. The molecule has 78 valence electrons. The molecule has 0 radical (unpaired) electrons. The van der Waals surface area contributed by atoms with Gasteiger partial charge >= 0.3 is 0 Å². The van der Waals surface area contributed by atoms with Gasteiger partial charge in [-0.2, -0.15) is 0 Å². The third kappa shape index (κ3) is 1.08. The van der Waals surface area contributed by atoms with Crippen molar-refractivity contribution < 1.29 is 4.57 Å². The van der Waals surface area contributed by atoms with E-state index in [2.05, 4.69) is 39.7 Å². The summed E-state index contributed by atoms with van der Waals surface area (Å²) >= 11 is 0. The first kappa shape index (κ1) is 11.3. The van der Waals surface area contributed by atoms with Crippen LogP contribution in [0.25, 0.3) is 0 Å². The van der Waals surface area contributed by atoms with Gasteiger partial charge in [0.1, 0.15) is 0 Å². The maximum Gasteiger partial charge on any atom is 0.159 e. The molecule has 1 aliphatic rings. The summed E-state index contributed by atoms with van der Waals surface area (Å²) in [5, 5.41) is 3.15. The van der Waals surface area contributed by atoms with Gasteiger partial charge in [-0.25, -0.2) is 0 Å². The Morgan fingerprint density at radius 2 is 1.62 bits per heavy atom. The van der Waals surface area contributed by atoms with Crippen LogP contribution in [0.5, 0.6) is 0 Å². The number of hydrogen-bond acceptors (Lipinski definition) is 1. The standard InChI is InChI=1S/C10H22NOP/c1-7-11-13(12)9(3,4)8(2)10(13,5)6/h8H,7H2,1-6H3,(H,11,12). The lowest BCUT2D eigenvalue weighted by Gasteiger charge is -2.62. The van der Waals surface area contributed by atoms with Crippen molar-refractivity contribution in [2.45, 2.75) is 51.9 Å². The van der Waals surface area contributed by atoms with Crippen molar-refractivity contribution in [1.82, 2.24) is 5.09 Å². The Balaban J connectivity index is 3.03. The molecule has 0 aromatic heterocycles. The third-order valence-electron chi connectivity index (χ3n) is 4.12. The second-order valence-corrected chi connectivity index (χ2v) is 8.99. The average Bonchev–Trinajstić information content (AvgIpc) is 2.02. The number of hydrogen-bond donors (Lipinski definition) is 1. The SMILES string of the molecule is CCNP1(=O)C(C)(C)C(C)C1(C)C. The van der Waals surface area contributed by atoms with Gasteiger partial charge in [0.2, 0.25) is 0 Å². The molecule has 1 rings (SSSR count). The lowest BCUT2D eigenvalue weighted by Crippen LogP contribution is -2.60. The predicted molar refractivity (Wildman–Crippen MR) is 58.6 cm³/mol. The first-order valence-electron chi connectivity index (χ1n) is 5.07. The van der Waals surface area contributed by atoms with Crippen LogP contribution in [0.2, 0.25) is 0 Å². The largest absolute Gasteiger partial charge is 0.306 e. The second-order valence-electron chi connectivity index (χ2n) is 5.15. The van der Waals surface area contributed by atoms with Crippen LogP contribution in [0.4, 0.5) is 0 Å². The van der Waals surface area contributed by atoms with E-state index in [1.807, 2.05) is 6.92 Å². The average molecular weight is 203 g/mol. The molecule has 0 amide bonds. The zero-order valence-electron chi connectivity index (χ0n) is 9.64. The Morgan fingerprint density at radius 1 is 1.23 bits per heavy atom. The van der Waals surface area contributed by atoms with Gasteiger partial charge in [-0.15, -0.1) is 0 Å². The van der Waals surface area contributed by atoms with Crippen molar-refractivity contribution in [2.75, 3.05) is 6.54 Å². The van der Waals surface area contributed by atoms with Crippen molar-refractivity contribution in [3.63, 3.8) is 0 Å². The van der Waals surface area contributed by atoms with Crippen LogP contribution >= 0.6 is 7.29 Å². The first-order valence-corrected chi connectivity index (χ1v) is 6.78. The van der Waals surface area contributed by atoms with Crippen molar-refractivity contribution in [3.05, 3.63) is 0 Å². The molecule has 2 nitrogen and oxygen atoms in total. The van der Waals surface area contributed by atoms with Crippen molar-refractivity contribution in [2.24, 2.45) is 5.92 Å². The minimum Gasteiger partial charge on any atom is -0.306 e. The molecule has 1 N–H and O–H groups in total. The minimum absolute atomic E-state index is 0.0352. The maximum absolute atomic E-state index is 12.7. The second kappa shape index (κ2) is 2.84. The van der Waals surface area contributed by atoms with Crippen LogP contribution in [0.3, 0.4) is 0 Å². The molecule has 0 aliphatic carbocycles. The highest BCUT2D eigenvalue weighted by Crippen LogP contribution is 2.79. The van der Waals surface area contributed by atoms with Gasteiger partial charge in [-0.05, 0) is 12.5 Å². The Kier molecular flexibility index (Phi) is 2.46. The molecule has 0 unspecified atom stereocenters. The maximum atomic E-state index is 12.7. The Labute approximate surface area is 81.9 Å². The summed E-state index contributed by atoms with van der Waals surface area (Å²) in [6.45, 7) is 13.5. The Bertz CT molecular complexity index is 238. The van der Waals surface area contributed by atoms with Crippen LogP contribution in [0.1, 0.15) is 41.5 Å². The molecule has 0 bridgehead atoms. The van der Waals surface area contributed by atoms with Crippen LogP contribution < -0.4 is 5.09 Å². The lowest BCUT2D eigenvalue weighted by molar-refractivity contribution is 0.263. The molecule has 1 saturated heterocycles. The monoisotopic (exact) mass is 203 g/mol. The smallest absolute Gasteiger partial charge is 0.159 e. The van der Waals surface area contributed by atoms with E-state index in [9.17, 15) is 4.57 Å². The van der Waals surface area contributed by atoms with Gasteiger partial charge in [-0.1, -0.05) is 41.5 Å². The summed E-state index contributed by atoms with van der Waals surface area (Å²) in [4.78, 5) is 0. The van der Waals surface area contributed by atoms with Crippen LogP contribution in [-0.4, -0.2) is 16.9 Å². The molecule has 13 heavy (non-hydrogen) atoms. The van der Waals surface area contributed by atoms with Crippen LogP contribution in [0.15, 0.2) is 0 Å². The summed E-state index contributed by atoms with van der Waals surface area (Å²) < 4.78 is 12.7. The van der Waals surface area contributed by atoms with E-state index in [1.165, 1.54) is 0 Å². The Morgan fingerprint density at radius 3 is 1.92 bits per heavy atom. The van der Waals surface area contributed by atoms with Gasteiger partial charge in [-0.3, -0.25) is 5.09 Å². The molecule has 0 spiro atoms. The zero-order chi connectivity index (χ0) is 10.5. The number of rotatable bonds is 2. The molecule has 0 aromatic carbocycles. The highest BCUT2D eigenvalue weighted by atomic mass is 31.2. The molecule has 0 saturated carbocycles. The first-order chi connectivity index (χ1) is 5.72. The zero-order valence-corrected chi connectivity index (χ0v) is 10.5. The van der Waals surface area contributed by atoms with Gasteiger partial charge in [0.25, 0.3) is 0 Å². The number of nitrogens with one attached hydrogen (secondary N) is 1. The topological polar surface area (TPSA) is 29.1 Å². The summed E-state index contributed by atoms with van der Waals surface area (Å²) in [6, 6.07) is 0. The molecule has 1 heterocycles. The quantitative estimate of drug-likeness (QED) is 0.699. The van der Waals surface area contributed by atoms with Crippen molar-refractivity contribution in [1.29, 1.82) is 0 Å². The van der Waals surface area contributed by atoms with Gasteiger partial charge in [0.05, 0.1) is 0 Å². The van der Waals surface area contributed by atoms with E-state index in [4.69, 9.17) is 0 Å². The fraction of sp³-hybridized carbons (Fsp3) is 1.00. The van der Waals surface area contributed by atoms with Crippen LogP contribution in [-0.2, 0) is 4.57 Å². The van der Waals surface area contributed by atoms with Gasteiger partial charge in [0.15, 0.2) is 7.29 Å². The molecular formula is C10H22NOP. The fourth-order valence-electron chi connectivity index (χ4n) is 2.72. The van der Waals surface area contributed by atoms with Crippen molar-refractivity contribution >= 4 is 7.29 Å². The fourth-order valence-corrected chi connectivity index (χ4v) is 6.99. The van der Waals surface area contributed by atoms with E-state index >= 15 is 0 Å². The molecule has 3 heteroatoms. The third-order valence-corrected chi connectivity index (χ3v) is 8.91. The normalized spacial score (nSPS) is 41.2. The Hall–Kier alpha value is 0.190.